The number of hydrogen-bond acceptors (Lipinski definition) is 9. The number of amides is 1. The van der Waals surface area contributed by atoms with Crippen molar-refractivity contribution in [3.8, 4) is 6.01 Å². The number of aromatic nitrogens is 4. The number of benzene rings is 1. The molecule has 0 radical (unpaired) electrons. The van der Waals surface area contributed by atoms with Crippen molar-refractivity contribution in [3.05, 3.63) is 65.8 Å². The molecule has 4 N–H and O–H groups in total. The molecule has 2 aliphatic heterocycles. The molecule has 11 nitrogen and oxygen atoms in total. The number of carbonyl (C=O) groups excluding carboxylic acids is 1. The van der Waals surface area contributed by atoms with Gasteiger partial charge in [0.1, 0.15) is 12.4 Å². The fourth-order valence-electron chi connectivity index (χ4n) is 4.40. The van der Waals surface area contributed by atoms with Crippen LogP contribution < -0.4 is 21.1 Å². The minimum atomic E-state index is -0.481. The quantitative estimate of drug-likeness (QED) is 0.337. The maximum atomic E-state index is 9.47. The minimum absolute atomic E-state index is 0.368. The van der Waals surface area contributed by atoms with Gasteiger partial charge >= 0.3 is 6.01 Å². The van der Waals surface area contributed by atoms with Gasteiger partial charge in [-0.15, -0.1) is 5.10 Å². The molecule has 1 fully saturated rings. The Labute approximate surface area is 243 Å². The van der Waals surface area contributed by atoms with Crippen molar-refractivity contribution < 1.29 is 9.53 Å². The summed E-state index contributed by atoms with van der Waals surface area (Å²) in [6, 6.07) is 8.95. The van der Waals surface area contributed by atoms with Crippen LogP contribution in [-0.2, 0) is 17.8 Å². The largest absolute Gasteiger partial charge is 0.462 e. The smallest absolute Gasteiger partial charge is 0.318 e. The average molecular weight is 562 g/mol. The van der Waals surface area contributed by atoms with Gasteiger partial charge in [0.15, 0.2) is 5.82 Å². The van der Waals surface area contributed by atoms with E-state index in [9.17, 15) is 4.79 Å². The van der Waals surface area contributed by atoms with Crippen molar-refractivity contribution in [2.24, 2.45) is 5.73 Å². The molecule has 4 heterocycles. The zero-order chi connectivity index (χ0) is 30.2. The number of nitrogen functional groups attached to an aromatic ring is 1. The molecule has 1 amide bonds. The highest BCUT2D eigenvalue weighted by Gasteiger charge is 2.25. The third-order valence-corrected chi connectivity index (χ3v) is 6.54. The SMILES string of the molecule is C=CC(N)=O.CC.CN1CCC[C@H]1COc1nc(N)c2c(n1)CN(c1nncc3ccccc13)CC2.[C-]#[N+]CCC. The number of nitrogens with zero attached hydrogens (tertiary/aromatic N) is 7. The Balaban J connectivity index is 0.000000420. The first-order valence-electron chi connectivity index (χ1n) is 14.1. The lowest BCUT2D eigenvalue weighted by Crippen LogP contribution is -2.33. The number of likely N-dealkylation sites (N-methyl/N-ethyl adjacent to an activating group) is 1. The Hall–Kier alpha value is -4.30. The van der Waals surface area contributed by atoms with E-state index < -0.39 is 5.91 Å². The molecule has 5 rings (SSSR count). The maximum absolute atomic E-state index is 9.47. The summed E-state index contributed by atoms with van der Waals surface area (Å²) in [7, 11) is 2.13. The fraction of sp³-hybridized carbons (Fsp3) is 0.467. The number of carbonyl (C=O) groups is 1. The molecule has 220 valence electrons. The topological polar surface area (TPSA) is 141 Å². The second-order valence-electron chi connectivity index (χ2n) is 9.32. The molecule has 0 aliphatic carbocycles. The van der Waals surface area contributed by atoms with Gasteiger partial charge in [-0.1, -0.05) is 51.6 Å². The van der Waals surface area contributed by atoms with Crippen LogP contribution in [0.2, 0.25) is 0 Å². The molecule has 0 saturated carbocycles. The van der Waals surface area contributed by atoms with Crippen molar-refractivity contribution in [1.29, 1.82) is 0 Å². The first-order valence-corrected chi connectivity index (χ1v) is 14.1. The second-order valence-corrected chi connectivity index (χ2v) is 9.32. The first kappa shape index (κ1) is 32.9. The molecule has 41 heavy (non-hydrogen) atoms. The van der Waals surface area contributed by atoms with Gasteiger partial charge in [0.2, 0.25) is 12.5 Å². The van der Waals surface area contributed by atoms with Gasteiger partial charge in [0, 0.05) is 35.3 Å². The number of fused-ring (bicyclic) bond motifs is 2. The van der Waals surface area contributed by atoms with Gasteiger partial charge in [-0.25, -0.2) is 6.57 Å². The van der Waals surface area contributed by atoms with Crippen LogP contribution in [-0.4, -0.2) is 70.3 Å². The molecule has 1 aromatic carbocycles. The number of ether oxygens (including phenoxy) is 1. The number of rotatable bonds is 6. The van der Waals surface area contributed by atoms with Crippen LogP contribution in [0.25, 0.3) is 15.6 Å². The minimum Gasteiger partial charge on any atom is -0.462 e. The Morgan fingerprint density at radius 3 is 2.61 bits per heavy atom. The summed E-state index contributed by atoms with van der Waals surface area (Å²) < 4.78 is 5.93. The van der Waals surface area contributed by atoms with Crippen molar-refractivity contribution in [2.45, 2.75) is 59.0 Å². The summed E-state index contributed by atoms with van der Waals surface area (Å²) in [5.41, 5.74) is 12.7. The van der Waals surface area contributed by atoms with Gasteiger partial charge in [0.25, 0.3) is 0 Å². The highest BCUT2D eigenvalue weighted by Crippen LogP contribution is 2.30. The molecule has 1 saturated heterocycles. The third kappa shape index (κ3) is 9.69. The van der Waals surface area contributed by atoms with Crippen molar-refractivity contribution in [2.75, 3.05) is 43.9 Å². The number of likely N-dealkylation sites (tertiary alicyclic amines) is 1. The average Bonchev–Trinajstić information content (AvgIpc) is 3.42. The highest BCUT2D eigenvalue weighted by molar-refractivity contribution is 5.91. The van der Waals surface area contributed by atoms with Gasteiger partial charge in [0.05, 0.1) is 18.4 Å². The predicted octanol–water partition coefficient (Wildman–Crippen LogP) is 4.04. The van der Waals surface area contributed by atoms with Gasteiger partial charge in [-0.05, 0) is 38.9 Å². The van der Waals surface area contributed by atoms with E-state index in [2.05, 4.69) is 61.3 Å². The molecule has 11 heteroatoms. The van der Waals surface area contributed by atoms with Crippen molar-refractivity contribution in [1.82, 2.24) is 25.1 Å². The van der Waals surface area contributed by atoms with E-state index in [1.165, 1.54) is 6.42 Å². The molecular weight excluding hydrogens is 518 g/mol. The lowest BCUT2D eigenvalue weighted by Gasteiger charge is -2.30. The molecule has 0 bridgehead atoms. The van der Waals surface area contributed by atoms with Crippen LogP contribution in [0.15, 0.2) is 43.1 Å². The molecule has 2 aliphatic rings. The van der Waals surface area contributed by atoms with Crippen LogP contribution in [0.1, 0.15) is 51.3 Å². The Morgan fingerprint density at radius 1 is 1.27 bits per heavy atom. The van der Waals surface area contributed by atoms with Crippen molar-refractivity contribution >= 4 is 28.3 Å². The lowest BCUT2D eigenvalue weighted by molar-refractivity contribution is -0.113. The molecule has 1 atom stereocenters. The van der Waals surface area contributed by atoms with Crippen molar-refractivity contribution in [3.63, 3.8) is 0 Å². The summed E-state index contributed by atoms with van der Waals surface area (Å²) in [5, 5.41) is 10.8. The van der Waals surface area contributed by atoms with E-state index >= 15 is 0 Å². The highest BCUT2D eigenvalue weighted by atomic mass is 16.5. The Morgan fingerprint density at radius 2 is 2.00 bits per heavy atom. The summed E-state index contributed by atoms with van der Waals surface area (Å²) in [6.07, 6.45) is 6.97. The molecule has 0 unspecified atom stereocenters. The summed E-state index contributed by atoms with van der Waals surface area (Å²) >= 11 is 0. The number of nitrogens with two attached hydrogens (primary N) is 2. The summed E-state index contributed by atoms with van der Waals surface area (Å²) in [4.78, 5) is 26.2. The third-order valence-electron chi connectivity index (χ3n) is 6.54. The first-order chi connectivity index (χ1) is 19.9. The summed E-state index contributed by atoms with van der Waals surface area (Å²) in [6.45, 7) is 19.1. The lowest BCUT2D eigenvalue weighted by atomic mass is 10.0. The van der Waals surface area contributed by atoms with Crippen LogP contribution in [0, 0.1) is 6.57 Å². The van der Waals surface area contributed by atoms with E-state index in [4.69, 9.17) is 22.0 Å². The Bertz CT molecular complexity index is 1300. The number of primary amides is 1. The molecule has 3 aromatic rings. The van der Waals surface area contributed by atoms with Gasteiger partial charge < -0.3 is 30.8 Å². The normalized spacial score (nSPS) is 15.5. The standard InChI is InChI=1S/C21H25N7O.C4H7N.C3H5NO.C2H6/c1-27-9-4-6-15(27)13-29-21-24-18-12-28(10-8-17(18)19(22)25-21)20-16-7-3-2-5-14(16)11-23-26-20;1-3-4-5-2;1-2-3(4)5;1-2/h2-3,5,7,11,15H,4,6,8-10,12-13H2,1H3,(H2,22,24,25);3-4H2,1H3;2H,1H2,(H2,4,5);1-2H3/t15-;;;/m0.../s1. The Kier molecular flexibility index (Phi) is 14.0. The molecule has 0 spiro atoms. The fourth-order valence-corrected chi connectivity index (χ4v) is 4.40. The number of anilines is 2. The van der Waals surface area contributed by atoms with Gasteiger partial charge in [-0.2, -0.15) is 15.1 Å². The zero-order valence-corrected chi connectivity index (χ0v) is 24.7. The van der Waals surface area contributed by atoms with Crippen LogP contribution >= 0.6 is 0 Å². The van der Waals surface area contributed by atoms with Crippen LogP contribution in [0.4, 0.5) is 11.6 Å². The van der Waals surface area contributed by atoms with E-state index in [-0.39, 0.29) is 0 Å². The monoisotopic (exact) mass is 561 g/mol. The maximum Gasteiger partial charge on any atom is 0.318 e. The number of hydrogen-bond donors (Lipinski definition) is 2. The van der Waals surface area contributed by atoms with Crippen LogP contribution in [0.5, 0.6) is 6.01 Å². The second kappa shape index (κ2) is 17.4. The van der Waals surface area contributed by atoms with Crippen LogP contribution in [0.3, 0.4) is 0 Å². The summed E-state index contributed by atoms with van der Waals surface area (Å²) in [5.74, 6) is 0.916. The van der Waals surface area contributed by atoms with Gasteiger partial charge in [-0.3, -0.25) is 4.79 Å². The van der Waals surface area contributed by atoms with E-state index in [0.29, 0.717) is 37.6 Å². The molecular formula is C30H43N9O2. The predicted molar refractivity (Wildman–Crippen MR) is 164 cm³/mol. The van der Waals surface area contributed by atoms with E-state index in [1.807, 2.05) is 32.9 Å². The van der Waals surface area contributed by atoms with E-state index in [0.717, 1.165) is 66.3 Å². The molecule has 2 aromatic heterocycles. The van der Waals surface area contributed by atoms with E-state index in [1.54, 1.807) is 6.20 Å². The zero-order valence-electron chi connectivity index (χ0n) is 24.7.